The van der Waals surface area contributed by atoms with Crippen molar-refractivity contribution in [2.75, 3.05) is 24.6 Å². The number of pyridine rings is 1. The van der Waals surface area contributed by atoms with Crippen molar-refractivity contribution >= 4 is 44.7 Å². The Labute approximate surface area is 239 Å². The van der Waals surface area contributed by atoms with Gasteiger partial charge in [0.1, 0.15) is 17.9 Å². The highest BCUT2D eigenvalue weighted by atomic mass is 32.3. The normalized spacial score (nSPS) is 15.4. The summed E-state index contributed by atoms with van der Waals surface area (Å²) in [5, 5.41) is 10.6. The predicted molar refractivity (Wildman–Crippen MR) is 158 cm³/mol. The van der Waals surface area contributed by atoms with Gasteiger partial charge in [0.25, 0.3) is 0 Å². The number of carbonyl (C=O) groups is 2. The van der Waals surface area contributed by atoms with Crippen molar-refractivity contribution in [3.8, 4) is 0 Å². The first-order chi connectivity index (χ1) is 19.8. The van der Waals surface area contributed by atoms with Gasteiger partial charge in [-0.1, -0.05) is 48.5 Å². The quantitative estimate of drug-likeness (QED) is 0.193. The number of carboxylic acid groups (broad SMARTS) is 1. The highest BCUT2D eigenvalue weighted by Gasteiger charge is 2.39. The maximum Gasteiger partial charge on any atom is 0.410 e. The summed E-state index contributed by atoms with van der Waals surface area (Å²) in [6.07, 6.45) is 1.50. The van der Waals surface area contributed by atoms with Crippen molar-refractivity contribution in [1.29, 1.82) is 0 Å². The lowest BCUT2D eigenvalue weighted by Crippen LogP contribution is -2.53. The molecule has 2 aromatic heterocycles. The molecule has 1 aliphatic heterocycles. The number of amides is 2. The van der Waals surface area contributed by atoms with E-state index in [0.29, 0.717) is 38.3 Å². The minimum atomic E-state index is -2.63. The smallest absolute Gasteiger partial charge is 0.410 e. The molecule has 41 heavy (non-hydrogen) atoms. The van der Waals surface area contributed by atoms with Gasteiger partial charge in [-0.25, -0.2) is 14.6 Å². The van der Waals surface area contributed by atoms with Gasteiger partial charge in [0.05, 0.1) is 41.3 Å². The Hall–Kier alpha value is -3.87. The molecule has 1 aliphatic rings. The van der Waals surface area contributed by atoms with Gasteiger partial charge < -0.3 is 24.2 Å². The number of benzene rings is 2. The minimum absolute atomic E-state index is 0.0990. The Morgan fingerprint density at radius 3 is 2.49 bits per heavy atom. The first-order valence-electron chi connectivity index (χ1n) is 13.7. The minimum Gasteiger partial charge on any atom is -0.465 e. The van der Waals surface area contributed by atoms with Crippen LogP contribution in [0.5, 0.6) is 0 Å². The van der Waals surface area contributed by atoms with E-state index in [4.69, 9.17) is 9.72 Å². The van der Waals surface area contributed by atoms with E-state index in [1.165, 1.54) is 4.90 Å². The van der Waals surface area contributed by atoms with Gasteiger partial charge in [-0.3, -0.25) is 14.1 Å². The van der Waals surface area contributed by atoms with Crippen LogP contribution >= 0.6 is 10.6 Å². The van der Waals surface area contributed by atoms with E-state index in [1.54, 1.807) is 11.1 Å². The third-order valence-corrected chi connectivity index (χ3v) is 9.21. The van der Waals surface area contributed by atoms with Gasteiger partial charge in [0.15, 0.2) is 0 Å². The molecule has 1 saturated heterocycles. The Kier molecular flexibility index (Phi) is 8.62. The van der Waals surface area contributed by atoms with Crippen molar-refractivity contribution in [1.82, 2.24) is 24.3 Å². The standard InChI is InChI=1S/C29H35N5O6S/c1-2-32(29(37)40-18-21-10-4-3-5-11-21)17-26-31-25-16-30-24-13-7-6-12-23(24)27(25)34(26)15-9-8-14-33(28(35)36)22-19-41(38,39)20-22/h3-7,10-13,16,22,38-39H,2,8-9,14-15,17-20H2,1H3,(H,35,36). The number of aromatic nitrogens is 3. The van der Waals surface area contributed by atoms with Gasteiger partial charge in [-0.15, -0.1) is 0 Å². The predicted octanol–water partition coefficient (Wildman–Crippen LogP) is 5.64. The van der Waals surface area contributed by atoms with Crippen molar-refractivity contribution in [2.24, 2.45) is 0 Å². The van der Waals surface area contributed by atoms with Crippen molar-refractivity contribution in [3.63, 3.8) is 0 Å². The van der Waals surface area contributed by atoms with E-state index in [1.807, 2.05) is 61.5 Å². The molecule has 1 fully saturated rings. The van der Waals surface area contributed by atoms with Crippen molar-refractivity contribution in [2.45, 2.75) is 45.5 Å². The maximum absolute atomic E-state index is 13.0. The third-order valence-electron chi connectivity index (χ3n) is 7.37. The van der Waals surface area contributed by atoms with Gasteiger partial charge in [-0.05, 0) is 31.4 Å². The molecular weight excluding hydrogens is 546 g/mol. The molecule has 0 radical (unpaired) electrons. The number of para-hydroxylation sites is 1. The van der Waals surface area contributed by atoms with Crippen LogP contribution in [0.2, 0.25) is 0 Å². The fourth-order valence-corrected chi connectivity index (χ4v) is 6.69. The van der Waals surface area contributed by atoms with Gasteiger partial charge in [0.2, 0.25) is 0 Å². The third kappa shape index (κ3) is 6.55. The maximum atomic E-state index is 13.0. The lowest BCUT2D eigenvalue weighted by molar-refractivity contribution is 0.0944. The molecule has 0 bridgehead atoms. The van der Waals surface area contributed by atoms with Gasteiger partial charge >= 0.3 is 12.2 Å². The number of fused-ring (bicyclic) bond motifs is 3. The molecular formula is C29H35N5O6S. The fourth-order valence-electron chi connectivity index (χ4n) is 5.19. The largest absolute Gasteiger partial charge is 0.465 e. The molecule has 218 valence electrons. The van der Waals surface area contributed by atoms with Crippen LogP contribution in [-0.2, 0) is 24.4 Å². The van der Waals surface area contributed by atoms with E-state index in [0.717, 1.165) is 27.5 Å². The Morgan fingerprint density at radius 1 is 1.05 bits per heavy atom. The first kappa shape index (κ1) is 28.7. The molecule has 5 rings (SSSR count). The number of aryl methyl sites for hydroxylation is 1. The number of carbonyl (C=O) groups excluding carboxylic acids is 1. The molecule has 3 N–H and O–H groups in total. The lowest BCUT2D eigenvalue weighted by Gasteiger charge is -2.50. The SMILES string of the molecule is CCN(Cc1nc2cnc3ccccc3c2n1CCCCN(C(=O)O)C1CS(O)(O)C1)C(=O)OCc1ccccc1. The van der Waals surface area contributed by atoms with Gasteiger partial charge in [-0.2, -0.15) is 10.6 Å². The number of rotatable bonds is 11. The van der Waals surface area contributed by atoms with Crippen LogP contribution in [0.1, 0.15) is 31.2 Å². The van der Waals surface area contributed by atoms with Crippen LogP contribution in [0.3, 0.4) is 0 Å². The monoisotopic (exact) mass is 581 g/mol. The van der Waals surface area contributed by atoms with Crippen LogP contribution in [0.15, 0.2) is 60.8 Å². The number of unbranched alkanes of at least 4 members (excludes halogenated alkanes) is 1. The summed E-state index contributed by atoms with van der Waals surface area (Å²) in [7, 11) is -2.63. The van der Waals surface area contributed by atoms with Crippen LogP contribution in [0, 0.1) is 0 Å². The summed E-state index contributed by atoms with van der Waals surface area (Å²) in [5.74, 6) is 0.892. The molecule has 4 aromatic rings. The lowest BCUT2D eigenvalue weighted by atomic mass is 10.2. The molecule has 0 saturated carbocycles. The average Bonchev–Trinajstić information content (AvgIpc) is 3.31. The Bertz CT molecular complexity index is 1520. The van der Waals surface area contributed by atoms with E-state index < -0.39 is 22.8 Å². The molecule has 11 nitrogen and oxygen atoms in total. The number of ether oxygens (including phenoxy) is 1. The number of imidazole rings is 1. The molecule has 12 heteroatoms. The second kappa shape index (κ2) is 12.3. The zero-order valence-electron chi connectivity index (χ0n) is 22.9. The number of hydrogen-bond acceptors (Lipinski definition) is 7. The highest BCUT2D eigenvalue weighted by Crippen LogP contribution is 2.50. The van der Waals surface area contributed by atoms with E-state index in [9.17, 15) is 23.8 Å². The van der Waals surface area contributed by atoms with Gasteiger partial charge in [0, 0.05) is 25.0 Å². The topological polar surface area (TPSA) is 141 Å². The van der Waals surface area contributed by atoms with Crippen molar-refractivity contribution < 1.29 is 28.5 Å². The number of hydrogen-bond donors (Lipinski definition) is 3. The summed E-state index contributed by atoms with van der Waals surface area (Å²) in [6, 6.07) is 17.0. The second-order valence-corrected chi connectivity index (χ2v) is 12.5. The summed E-state index contributed by atoms with van der Waals surface area (Å²) in [5.41, 5.74) is 3.38. The van der Waals surface area contributed by atoms with Crippen LogP contribution in [0.25, 0.3) is 21.9 Å². The van der Waals surface area contributed by atoms with Crippen LogP contribution in [0.4, 0.5) is 9.59 Å². The van der Waals surface area contributed by atoms with E-state index >= 15 is 0 Å². The second-order valence-electron chi connectivity index (χ2n) is 10.2. The van der Waals surface area contributed by atoms with E-state index in [-0.39, 0.29) is 30.7 Å². The average molecular weight is 582 g/mol. The van der Waals surface area contributed by atoms with E-state index in [2.05, 4.69) is 9.55 Å². The van der Waals surface area contributed by atoms with Crippen LogP contribution in [-0.4, -0.2) is 81.4 Å². The Balaban J connectivity index is 1.34. The highest BCUT2D eigenvalue weighted by molar-refractivity contribution is 8.25. The summed E-state index contributed by atoms with van der Waals surface area (Å²) >= 11 is 0. The molecule has 0 aliphatic carbocycles. The van der Waals surface area contributed by atoms with Crippen molar-refractivity contribution in [3.05, 3.63) is 72.2 Å². The summed E-state index contributed by atoms with van der Waals surface area (Å²) in [4.78, 5) is 37.1. The molecule has 2 amide bonds. The molecule has 0 spiro atoms. The zero-order valence-corrected chi connectivity index (χ0v) is 23.7. The summed E-state index contributed by atoms with van der Waals surface area (Å²) < 4.78 is 27.1. The summed E-state index contributed by atoms with van der Waals surface area (Å²) in [6.45, 7) is 3.61. The zero-order chi connectivity index (χ0) is 29.0. The molecule has 2 aromatic carbocycles. The molecule has 3 heterocycles. The Morgan fingerprint density at radius 2 is 1.78 bits per heavy atom. The fraction of sp³-hybridized carbons (Fsp3) is 0.379. The van der Waals surface area contributed by atoms with Crippen LogP contribution < -0.4 is 0 Å². The molecule has 0 atom stereocenters. The first-order valence-corrected chi connectivity index (χ1v) is 15.6. The molecule has 0 unspecified atom stereocenters. The number of nitrogens with zero attached hydrogens (tertiary/aromatic N) is 5.